The third-order valence-electron chi connectivity index (χ3n) is 3.76. The molecular formula is C14H19FN4OS. The lowest BCUT2D eigenvalue weighted by Crippen LogP contribution is -2.54. The summed E-state index contributed by atoms with van der Waals surface area (Å²) in [5.74, 6) is -0.877. The molecule has 1 saturated heterocycles. The predicted octanol–water partition coefficient (Wildman–Crippen LogP) is 1.04. The first-order valence-corrected chi connectivity index (χ1v) is 7.37. The van der Waals surface area contributed by atoms with Gasteiger partial charge in [0.25, 0.3) is 5.91 Å². The van der Waals surface area contributed by atoms with Gasteiger partial charge in [0.2, 0.25) is 0 Å². The molecule has 2 rings (SSSR count). The molecule has 7 heteroatoms. The van der Waals surface area contributed by atoms with Crippen LogP contribution in [0.15, 0.2) is 18.5 Å². The zero-order valence-electron chi connectivity index (χ0n) is 12.0. The molecule has 1 fully saturated rings. The van der Waals surface area contributed by atoms with Crippen LogP contribution in [0.1, 0.15) is 23.7 Å². The number of thiocarbonyl (C=S) groups is 1. The van der Waals surface area contributed by atoms with Crippen LogP contribution in [0.4, 0.5) is 4.39 Å². The lowest BCUT2D eigenvalue weighted by molar-refractivity contribution is 0.0607. The van der Waals surface area contributed by atoms with Crippen LogP contribution in [0.25, 0.3) is 0 Å². The summed E-state index contributed by atoms with van der Waals surface area (Å²) in [5, 5.41) is 0. The van der Waals surface area contributed by atoms with E-state index in [-0.39, 0.29) is 17.5 Å². The summed E-state index contributed by atoms with van der Waals surface area (Å²) in [6, 6.07) is 1.48. The Morgan fingerprint density at radius 3 is 2.67 bits per heavy atom. The van der Waals surface area contributed by atoms with Gasteiger partial charge in [-0.3, -0.25) is 14.7 Å². The highest BCUT2D eigenvalue weighted by Crippen LogP contribution is 2.14. The molecule has 1 aromatic heterocycles. The maximum absolute atomic E-state index is 13.6. The van der Waals surface area contributed by atoms with Gasteiger partial charge in [-0.1, -0.05) is 19.1 Å². The first-order valence-electron chi connectivity index (χ1n) is 6.96. The van der Waals surface area contributed by atoms with E-state index in [0.717, 1.165) is 12.6 Å². The molecule has 1 aliphatic rings. The Labute approximate surface area is 128 Å². The van der Waals surface area contributed by atoms with Gasteiger partial charge >= 0.3 is 0 Å². The van der Waals surface area contributed by atoms with Crippen LogP contribution in [-0.4, -0.2) is 57.9 Å². The molecule has 0 aromatic carbocycles. The van der Waals surface area contributed by atoms with Crippen molar-refractivity contribution in [3.63, 3.8) is 0 Å². The van der Waals surface area contributed by atoms with Crippen molar-refractivity contribution >= 4 is 23.1 Å². The van der Waals surface area contributed by atoms with Gasteiger partial charge in [-0.2, -0.15) is 0 Å². The van der Waals surface area contributed by atoms with E-state index >= 15 is 0 Å². The Kier molecular flexibility index (Phi) is 5.19. The molecule has 1 aromatic rings. The van der Waals surface area contributed by atoms with E-state index in [1.165, 1.54) is 12.3 Å². The van der Waals surface area contributed by atoms with E-state index < -0.39 is 5.82 Å². The first kappa shape index (κ1) is 15.8. The van der Waals surface area contributed by atoms with E-state index in [9.17, 15) is 9.18 Å². The Balaban J connectivity index is 2.00. The van der Waals surface area contributed by atoms with Crippen molar-refractivity contribution in [2.75, 3.05) is 26.2 Å². The van der Waals surface area contributed by atoms with Crippen molar-refractivity contribution in [3.05, 3.63) is 29.8 Å². The van der Waals surface area contributed by atoms with Crippen molar-refractivity contribution in [1.29, 1.82) is 0 Å². The summed E-state index contributed by atoms with van der Waals surface area (Å²) in [4.78, 5) is 20.3. The van der Waals surface area contributed by atoms with Crippen LogP contribution >= 0.6 is 12.2 Å². The molecule has 1 atom stereocenters. The quantitative estimate of drug-likeness (QED) is 0.842. The topological polar surface area (TPSA) is 62.5 Å². The Morgan fingerprint density at radius 2 is 2.14 bits per heavy atom. The lowest BCUT2D eigenvalue weighted by Gasteiger charge is -2.38. The van der Waals surface area contributed by atoms with Gasteiger partial charge in [-0.25, -0.2) is 4.39 Å². The molecule has 5 nitrogen and oxygen atoms in total. The molecule has 114 valence electrons. The molecule has 2 N–H and O–H groups in total. The van der Waals surface area contributed by atoms with Crippen molar-refractivity contribution in [1.82, 2.24) is 14.8 Å². The number of carbonyl (C=O) groups excluding carboxylic acids is 1. The van der Waals surface area contributed by atoms with E-state index in [1.54, 1.807) is 4.90 Å². The molecule has 0 spiro atoms. The number of carbonyl (C=O) groups is 1. The fraction of sp³-hybridized carbons (Fsp3) is 0.500. The number of hydrogen-bond donors (Lipinski definition) is 1. The highest BCUT2D eigenvalue weighted by molar-refractivity contribution is 7.80. The molecule has 1 aliphatic heterocycles. The van der Waals surface area contributed by atoms with Crippen LogP contribution in [0.5, 0.6) is 0 Å². The molecule has 0 bridgehead atoms. The van der Waals surface area contributed by atoms with Crippen molar-refractivity contribution < 1.29 is 9.18 Å². The highest BCUT2D eigenvalue weighted by Gasteiger charge is 2.27. The number of piperazine rings is 1. The largest absolute Gasteiger partial charge is 0.392 e. The van der Waals surface area contributed by atoms with Gasteiger partial charge in [-0.15, -0.1) is 0 Å². The van der Waals surface area contributed by atoms with E-state index in [2.05, 4.69) is 9.88 Å². The second kappa shape index (κ2) is 6.91. The van der Waals surface area contributed by atoms with Gasteiger partial charge in [0, 0.05) is 32.4 Å². The third-order valence-corrected chi connectivity index (χ3v) is 4.03. The molecule has 1 amide bonds. The summed E-state index contributed by atoms with van der Waals surface area (Å²) in [5.41, 5.74) is 5.81. The average molecular weight is 310 g/mol. The van der Waals surface area contributed by atoms with E-state index in [0.29, 0.717) is 31.2 Å². The van der Waals surface area contributed by atoms with Crippen LogP contribution in [-0.2, 0) is 0 Å². The fourth-order valence-corrected chi connectivity index (χ4v) is 2.91. The fourth-order valence-electron chi connectivity index (χ4n) is 2.59. The predicted molar refractivity (Wildman–Crippen MR) is 82.5 cm³/mol. The van der Waals surface area contributed by atoms with Crippen LogP contribution in [0, 0.1) is 5.82 Å². The molecule has 0 radical (unpaired) electrons. The molecular weight excluding hydrogens is 291 g/mol. The van der Waals surface area contributed by atoms with Gasteiger partial charge in [0.15, 0.2) is 5.82 Å². The van der Waals surface area contributed by atoms with Crippen molar-refractivity contribution in [3.8, 4) is 0 Å². The zero-order chi connectivity index (χ0) is 15.4. The number of nitrogens with zero attached hydrogens (tertiary/aromatic N) is 3. The minimum Gasteiger partial charge on any atom is -0.392 e. The smallest absolute Gasteiger partial charge is 0.257 e. The summed E-state index contributed by atoms with van der Waals surface area (Å²) < 4.78 is 13.6. The zero-order valence-corrected chi connectivity index (χ0v) is 12.8. The van der Waals surface area contributed by atoms with Crippen LogP contribution in [0.3, 0.4) is 0 Å². The number of aromatic nitrogens is 1. The monoisotopic (exact) mass is 310 g/mol. The van der Waals surface area contributed by atoms with Gasteiger partial charge in [0.05, 0.1) is 22.8 Å². The Morgan fingerprint density at radius 1 is 1.48 bits per heavy atom. The van der Waals surface area contributed by atoms with Crippen molar-refractivity contribution in [2.24, 2.45) is 5.73 Å². The number of amides is 1. The van der Waals surface area contributed by atoms with Crippen LogP contribution in [0.2, 0.25) is 0 Å². The second-order valence-corrected chi connectivity index (χ2v) is 5.48. The third kappa shape index (κ3) is 3.54. The molecule has 0 saturated carbocycles. The SMILES string of the molecule is CCC(C(N)=S)N1CCN(C(=O)c2ccncc2F)CC1. The van der Waals surface area contributed by atoms with Gasteiger partial charge < -0.3 is 10.6 Å². The summed E-state index contributed by atoms with van der Waals surface area (Å²) in [7, 11) is 0. The molecule has 2 heterocycles. The number of halogens is 1. The minimum atomic E-state index is -0.584. The highest BCUT2D eigenvalue weighted by atomic mass is 32.1. The maximum Gasteiger partial charge on any atom is 0.257 e. The van der Waals surface area contributed by atoms with E-state index in [1.807, 2.05) is 6.92 Å². The standard InChI is InChI=1S/C14H19FN4OS/c1-2-12(13(16)21)18-5-7-19(8-6-18)14(20)10-3-4-17-9-11(10)15/h3-4,9,12H,2,5-8H2,1H3,(H2,16,21). The number of rotatable bonds is 4. The summed E-state index contributed by atoms with van der Waals surface area (Å²) >= 11 is 5.07. The minimum absolute atomic E-state index is 0.0647. The molecule has 1 unspecified atom stereocenters. The number of hydrogen-bond acceptors (Lipinski definition) is 4. The van der Waals surface area contributed by atoms with E-state index in [4.69, 9.17) is 18.0 Å². The van der Waals surface area contributed by atoms with Gasteiger partial charge in [0.1, 0.15) is 0 Å². The average Bonchev–Trinajstić information content (AvgIpc) is 2.48. The van der Waals surface area contributed by atoms with Crippen molar-refractivity contribution in [2.45, 2.75) is 19.4 Å². The lowest BCUT2D eigenvalue weighted by atomic mass is 10.1. The Bertz CT molecular complexity index is 531. The normalized spacial score (nSPS) is 17.5. The summed E-state index contributed by atoms with van der Waals surface area (Å²) in [6.07, 6.45) is 3.33. The molecule has 0 aliphatic carbocycles. The maximum atomic E-state index is 13.6. The number of nitrogens with two attached hydrogens (primary N) is 1. The first-order chi connectivity index (χ1) is 10.0. The summed E-state index contributed by atoms with van der Waals surface area (Å²) in [6.45, 7) is 4.50. The molecule has 21 heavy (non-hydrogen) atoms. The Hall–Kier alpha value is -1.60. The second-order valence-electron chi connectivity index (χ2n) is 5.01. The van der Waals surface area contributed by atoms with Gasteiger partial charge in [-0.05, 0) is 12.5 Å². The number of pyridine rings is 1. The van der Waals surface area contributed by atoms with Crippen LogP contribution < -0.4 is 5.73 Å².